The van der Waals surface area contributed by atoms with Gasteiger partial charge in [-0.25, -0.2) is 0 Å². The second-order valence-corrected chi connectivity index (χ2v) is 20.0. The van der Waals surface area contributed by atoms with Crippen LogP contribution in [0.5, 0.6) is 0 Å². The number of ketones is 1. The predicted octanol–water partition coefficient (Wildman–Crippen LogP) is 18.1. The van der Waals surface area contributed by atoms with Gasteiger partial charge < -0.3 is 23.9 Å². The smallest absolute Gasteiger partial charge is 0.162 e. The second kappa shape index (κ2) is 23.9. The number of aliphatic hydroxyl groups excluding tert-OH is 1. The molecule has 0 aliphatic rings. The van der Waals surface area contributed by atoms with Gasteiger partial charge in [0.1, 0.15) is 11.2 Å². The average molecular weight is 1130 g/mol. The average Bonchev–Trinajstić information content (AvgIpc) is 3.92. The molecule has 373 valence electrons. The Hall–Kier alpha value is -6.40. The van der Waals surface area contributed by atoms with E-state index in [0.29, 0.717) is 11.8 Å². The number of hydrogen-bond acceptors (Lipinski definition) is 6. The summed E-state index contributed by atoms with van der Waals surface area (Å²) in [6.07, 6.45) is 10.8. The summed E-state index contributed by atoms with van der Waals surface area (Å²) in [5.74, 6) is 1.82. The summed E-state index contributed by atoms with van der Waals surface area (Å²) in [5, 5.41) is 19.0. The number of allylic oxidation sites excluding steroid dienone is 2. The molecular formula is C65H68IrN2O4-2. The van der Waals surface area contributed by atoms with Gasteiger partial charge in [-0.15, -0.1) is 35.4 Å². The molecule has 0 aliphatic carbocycles. The normalized spacial score (nSPS) is 11.8. The number of carbonyl (C=O) groups excluding carboxylic acids is 1. The zero-order valence-electron chi connectivity index (χ0n) is 43.6. The molecule has 10 rings (SSSR count). The minimum absolute atomic E-state index is 0. The van der Waals surface area contributed by atoms with Gasteiger partial charge in [-0.05, 0) is 119 Å². The van der Waals surface area contributed by atoms with E-state index in [4.69, 9.17) is 18.8 Å². The SMILES string of the molecule is CCC(CC)C(=O)/C=C(\O)C(CC)CC.Cc1[c-]c(-c2nccc3cc(CC(C)C)ccc23)c2oc3ccccc3c2c1.Cc1[c-]c(-c2nccc3cc(CC(C)C)ccc23)c2oc3ccccc3c2c1.[Ir]. The number of rotatable bonds is 13. The molecule has 1 N–H and O–H groups in total. The molecule has 0 amide bonds. The summed E-state index contributed by atoms with van der Waals surface area (Å²) in [6.45, 7) is 21.2. The first-order chi connectivity index (χ1) is 34.3. The Morgan fingerprint density at radius 2 is 0.972 bits per heavy atom. The molecule has 0 saturated carbocycles. The first-order valence-corrected chi connectivity index (χ1v) is 25.7. The van der Waals surface area contributed by atoms with Gasteiger partial charge in [-0.2, -0.15) is 0 Å². The van der Waals surface area contributed by atoms with Crippen LogP contribution in [-0.2, 0) is 37.7 Å². The van der Waals surface area contributed by atoms with Crippen LogP contribution in [0.15, 0.2) is 142 Å². The van der Waals surface area contributed by atoms with E-state index in [1.807, 2.05) is 64.4 Å². The van der Waals surface area contributed by atoms with Crippen molar-refractivity contribution in [2.24, 2.45) is 23.7 Å². The van der Waals surface area contributed by atoms with E-state index in [1.54, 1.807) is 0 Å². The molecule has 0 fully saturated rings. The monoisotopic (exact) mass is 1130 g/mol. The van der Waals surface area contributed by atoms with Crippen molar-refractivity contribution >= 4 is 71.2 Å². The third-order valence-corrected chi connectivity index (χ3v) is 13.6. The summed E-state index contributed by atoms with van der Waals surface area (Å²) in [7, 11) is 0. The zero-order valence-corrected chi connectivity index (χ0v) is 46.0. The maximum Gasteiger partial charge on any atom is 0.162 e. The Morgan fingerprint density at radius 3 is 1.38 bits per heavy atom. The number of carbonyl (C=O) groups is 1. The van der Waals surface area contributed by atoms with Crippen LogP contribution in [0, 0.1) is 49.7 Å². The number of nitrogens with zero attached hydrogens (tertiary/aromatic N) is 2. The molecule has 6 nitrogen and oxygen atoms in total. The Balaban J connectivity index is 0.000000166. The first kappa shape index (κ1) is 53.4. The number of pyridine rings is 2. The summed E-state index contributed by atoms with van der Waals surface area (Å²) in [4.78, 5) is 21.2. The van der Waals surface area contributed by atoms with Gasteiger partial charge in [0, 0.05) is 61.2 Å². The van der Waals surface area contributed by atoms with Crippen LogP contribution in [-0.4, -0.2) is 20.9 Å². The van der Waals surface area contributed by atoms with Crippen LogP contribution < -0.4 is 0 Å². The van der Waals surface area contributed by atoms with Crippen LogP contribution >= 0.6 is 0 Å². The topological polar surface area (TPSA) is 89.4 Å². The fourth-order valence-electron chi connectivity index (χ4n) is 9.96. The fraction of sp³-hybridized carbons (Fsp3) is 0.308. The van der Waals surface area contributed by atoms with Crippen LogP contribution in [0.25, 0.3) is 87.9 Å². The molecule has 6 aromatic carbocycles. The molecule has 0 aliphatic heterocycles. The second-order valence-electron chi connectivity index (χ2n) is 20.0. The quantitative estimate of drug-likeness (QED) is 0.0703. The van der Waals surface area contributed by atoms with Gasteiger partial charge in [-0.1, -0.05) is 164 Å². The summed E-state index contributed by atoms with van der Waals surface area (Å²) in [5.41, 5.74) is 12.2. The number of benzene rings is 6. The third kappa shape index (κ3) is 11.8. The van der Waals surface area contributed by atoms with E-state index >= 15 is 0 Å². The zero-order chi connectivity index (χ0) is 50.3. The van der Waals surface area contributed by atoms with Crippen molar-refractivity contribution in [1.82, 2.24) is 9.97 Å². The van der Waals surface area contributed by atoms with Crippen molar-refractivity contribution in [3.8, 4) is 22.5 Å². The molecule has 10 aromatic rings. The van der Waals surface area contributed by atoms with E-state index in [-0.39, 0.29) is 43.5 Å². The number of hydrogen-bond donors (Lipinski definition) is 1. The molecule has 4 heterocycles. The van der Waals surface area contributed by atoms with Gasteiger partial charge in [0.05, 0.1) is 16.9 Å². The van der Waals surface area contributed by atoms with Crippen molar-refractivity contribution in [2.75, 3.05) is 0 Å². The summed E-state index contributed by atoms with van der Waals surface area (Å²) < 4.78 is 12.5. The minimum atomic E-state index is 0. The first-order valence-electron chi connectivity index (χ1n) is 25.7. The van der Waals surface area contributed by atoms with E-state index in [1.165, 1.54) is 28.0 Å². The number of aliphatic hydroxyl groups is 1. The Kier molecular flexibility index (Phi) is 17.7. The fourth-order valence-corrected chi connectivity index (χ4v) is 9.96. The Labute approximate surface area is 439 Å². The standard InChI is InChI=1S/2C26H22NO.C13H24O2.Ir/c2*1-16(2)12-18-8-9-20-19(15-18)10-11-27-25(20)23-14-17(3)13-22-21-6-4-5-7-24(21)28-26(22)23;1-5-10(6-2)12(14)9-13(15)11(7-3)8-4;/h2*4-11,13,15-16H,12H2,1-3H3;9-11,14H,5-8H2,1-4H3;/q2*-1;;/b;;12-9-;. The van der Waals surface area contributed by atoms with Crippen LogP contribution in [0.4, 0.5) is 0 Å². The van der Waals surface area contributed by atoms with E-state index in [2.05, 4.69) is 139 Å². The number of para-hydroxylation sites is 2. The Morgan fingerprint density at radius 1 is 0.556 bits per heavy atom. The van der Waals surface area contributed by atoms with Gasteiger partial charge >= 0.3 is 0 Å². The van der Waals surface area contributed by atoms with Gasteiger partial charge in [-0.3, -0.25) is 4.79 Å². The molecule has 0 spiro atoms. The predicted molar refractivity (Wildman–Crippen MR) is 297 cm³/mol. The molecular weight excluding hydrogens is 1060 g/mol. The van der Waals surface area contributed by atoms with Gasteiger partial charge in [0.15, 0.2) is 5.78 Å². The maximum atomic E-state index is 11.7. The number of aromatic nitrogens is 2. The van der Waals surface area contributed by atoms with E-state index in [0.717, 1.165) is 127 Å². The largest absolute Gasteiger partial charge is 0.512 e. The molecule has 0 bridgehead atoms. The summed E-state index contributed by atoms with van der Waals surface area (Å²) in [6, 6.07) is 45.3. The van der Waals surface area contributed by atoms with Crippen molar-refractivity contribution in [1.29, 1.82) is 0 Å². The maximum absolute atomic E-state index is 11.7. The molecule has 1 radical (unpaired) electrons. The molecule has 0 saturated heterocycles. The van der Waals surface area contributed by atoms with Gasteiger partial charge in [0.25, 0.3) is 0 Å². The van der Waals surface area contributed by atoms with E-state index in [9.17, 15) is 9.90 Å². The van der Waals surface area contributed by atoms with Gasteiger partial charge in [0.2, 0.25) is 0 Å². The van der Waals surface area contributed by atoms with Crippen molar-refractivity contribution in [3.05, 3.63) is 168 Å². The van der Waals surface area contributed by atoms with Crippen LogP contribution in [0.2, 0.25) is 0 Å². The molecule has 72 heavy (non-hydrogen) atoms. The number of furan rings is 2. The molecule has 7 heteroatoms. The number of aryl methyl sites for hydroxylation is 2. The van der Waals surface area contributed by atoms with Crippen LogP contribution in [0.1, 0.15) is 103 Å². The molecule has 0 atom stereocenters. The van der Waals surface area contributed by atoms with Crippen LogP contribution in [0.3, 0.4) is 0 Å². The Bertz CT molecular complexity index is 3310. The molecule has 4 aromatic heterocycles. The number of fused-ring (bicyclic) bond motifs is 8. The van der Waals surface area contributed by atoms with Crippen molar-refractivity contribution < 1.29 is 38.8 Å². The van der Waals surface area contributed by atoms with Crippen molar-refractivity contribution in [2.45, 2.75) is 108 Å². The minimum Gasteiger partial charge on any atom is -0.512 e. The summed E-state index contributed by atoms with van der Waals surface area (Å²) >= 11 is 0. The van der Waals surface area contributed by atoms with E-state index < -0.39 is 0 Å². The van der Waals surface area contributed by atoms with Crippen molar-refractivity contribution in [3.63, 3.8) is 0 Å². The third-order valence-electron chi connectivity index (χ3n) is 13.6. The molecule has 0 unspecified atom stereocenters.